The van der Waals surface area contributed by atoms with Crippen molar-refractivity contribution >= 4 is 11.8 Å². The standard InChI is InChI=1S/C23H35N3O2/c1-3-8-22(27)26-13-7-11-20(17-26)23(28)24-15-21(4-2)25-14-12-18-9-5-6-10-19(18)16-25/h5-6,9-10,20-21H,3-4,7-8,11-17H2,1-2H3,(H,24,28). The van der Waals surface area contributed by atoms with Gasteiger partial charge in [0, 0.05) is 45.2 Å². The number of rotatable bonds is 7. The lowest BCUT2D eigenvalue weighted by Crippen LogP contribution is -2.49. The summed E-state index contributed by atoms with van der Waals surface area (Å²) in [7, 11) is 0. The van der Waals surface area contributed by atoms with Crippen molar-refractivity contribution in [2.45, 2.75) is 65.0 Å². The van der Waals surface area contributed by atoms with Crippen molar-refractivity contribution in [3.8, 4) is 0 Å². The zero-order valence-electron chi connectivity index (χ0n) is 17.5. The minimum Gasteiger partial charge on any atom is -0.354 e. The van der Waals surface area contributed by atoms with Gasteiger partial charge in [-0.1, -0.05) is 38.1 Å². The highest BCUT2D eigenvalue weighted by atomic mass is 16.2. The lowest BCUT2D eigenvalue weighted by Gasteiger charge is -2.36. The number of carbonyl (C=O) groups excluding carboxylic acids is 2. The van der Waals surface area contributed by atoms with Gasteiger partial charge in [0.2, 0.25) is 11.8 Å². The van der Waals surface area contributed by atoms with Gasteiger partial charge in [-0.25, -0.2) is 0 Å². The molecule has 5 heteroatoms. The second-order valence-electron chi connectivity index (χ2n) is 8.23. The third-order valence-electron chi connectivity index (χ3n) is 6.27. The Balaban J connectivity index is 1.51. The first-order valence-electron chi connectivity index (χ1n) is 11.0. The maximum atomic E-state index is 12.8. The fourth-order valence-electron chi connectivity index (χ4n) is 4.51. The van der Waals surface area contributed by atoms with Crippen LogP contribution in [0.15, 0.2) is 24.3 Å². The third-order valence-corrected chi connectivity index (χ3v) is 6.27. The monoisotopic (exact) mass is 385 g/mol. The molecule has 154 valence electrons. The second-order valence-corrected chi connectivity index (χ2v) is 8.23. The first kappa shape index (κ1) is 20.8. The number of hydrogen-bond acceptors (Lipinski definition) is 3. The Morgan fingerprint density at radius 3 is 2.71 bits per heavy atom. The fourth-order valence-corrected chi connectivity index (χ4v) is 4.51. The van der Waals surface area contributed by atoms with Crippen molar-refractivity contribution < 1.29 is 9.59 Å². The smallest absolute Gasteiger partial charge is 0.224 e. The van der Waals surface area contributed by atoms with Crippen LogP contribution < -0.4 is 5.32 Å². The number of fused-ring (bicyclic) bond motifs is 1. The van der Waals surface area contributed by atoms with Gasteiger partial charge in [0.15, 0.2) is 0 Å². The average Bonchev–Trinajstić information content (AvgIpc) is 2.74. The molecule has 1 fully saturated rings. The average molecular weight is 386 g/mol. The quantitative estimate of drug-likeness (QED) is 0.785. The molecule has 0 radical (unpaired) electrons. The molecule has 1 N–H and O–H groups in total. The largest absolute Gasteiger partial charge is 0.354 e. The Morgan fingerprint density at radius 1 is 1.18 bits per heavy atom. The second kappa shape index (κ2) is 10.1. The summed E-state index contributed by atoms with van der Waals surface area (Å²) in [5.41, 5.74) is 2.87. The number of benzene rings is 1. The molecule has 2 heterocycles. The van der Waals surface area contributed by atoms with Crippen molar-refractivity contribution in [3.05, 3.63) is 35.4 Å². The SMILES string of the molecule is CCCC(=O)N1CCCC(C(=O)NCC(CC)N2CCc3ccccc3C2)C1. The molecule has 0 spiro atoms. The summed E-state index contributed by atoms with van der Waals surface area (Å²) in [6.45, 7) is 8.31. The molecule has 0 saturated carbocycles. The molecule has 3 rings (SSSR count). The highest BCUT2D eigenvalue weighted by Gasteiger charge is 2.29. The van der Waals surface area contributed by atoms with E-state index in [2.05, 4.69) is 41.4 Å². The predicted molar refractivity (Wildman–Crippen MR) is 112 cm³/mol. The maximum absolute atomic E-state index is 12.8. The van der Waals surface area contributed by atoms with E-state index in [9.17, 15) is 9.59 Å². The maximum Gasteiger partial charge on any atom is 0.224 e. The van der Waals surface area contributed by atoms with Crippen LogP contribution in [0, 0.1) is 5.92 Å². The topological polar surface area (TPSA) is 52.7 Å². The van der Waals surface area contributed by atoms with Crippen molar-refractivity contribution in [3.63, 3.8) is 0 Å². The number of amides is 2. The van der Waals surface area contributed by atoms with Crippen molar-refractivity contribution in [2.75, 3.05) is 26.2 Å². The lowest BCUT2D eigenvalue weighted by atomic mass is 9.96. The Labute approximate surface area is 169 Å². The molecule has 2 aliphatic heterocycles. The van der Waals surface area contributed by atoms with Gasteiger partial charge >= 0.3 is 0 Å². The Hall–Kier alpha value is -1.88. The number of hydrogen-bond donors (Lipinski definition) is 1. The van der Waals surface area contributed by atoms with Crippen LogP contribution in [0.3, 0.4) is 0 Å². The van der Waals surface area contributed by atoms with Crippen molar-refractivity contribution in [1.82, 2.24) is 15.1 Å². The van der Waals surface area contributed by atoms with Crippen molar-refractivity contribution in [2.24, 2.45) is 5.92 Å². The Bertz CT molecular complexity index is 676. The Kier molecular flexibility index (Phi) is 7.49. The third kappa shape index (κ3) is 5.13. The van der Waals surface area contributed by atoms with Gasteiger partial charge in [-0.15, -0.1) is 0 Å². The number of likely N-dealkylation sites (tertiary alicyclic amines) is 1. The molecule has 0 bridgehead atoms. The zero-order chi connectivity index (χ0) is 19.9. The van der Waals surface area contributed by atoms with Gasteiger partial charge in [0.1, 0.15) is 0 Å². The van der Waals surface area contributed by atoms with Gasteiger partial charge < -0.3 is 10.2 Å². The molecule has 0 aromatic heterocycles. The highest BCUT2D eigenvalue weighted by Crippen LogP contribution is 2.22. The Morgan fingerprint density at radius 2 is 1.96 bits per heavy atom. The van der Waals surface area contributed by atoms with Crippen LogP contribution in [0.4, 0.5) is 0 Å². The molecular formula is C23H35N3O2. The summed E-state index contributed by atoms with van der Waals surface area (Å²) < 4.78 is 0. The van der Waals surface area contributed by atoms with E-state index in [-0.39, 0.29) is 17.7 Å². The molecule has 2 unspecified atom stereocenters. The summed E-state index contributed by atoms with van der Waals surface area (Å²) in [4.78, 5) is 29.3. The highest BCUT2D eigenvalue weighted by molar-refractivity contribution is 5.81. The van der Waals surface area contributed by atoms with E-state index in [0.717, 1.165) is 51.7 Å². The fraction of sp³-hybridized carbons (Fsp3) is 0.652. The summed E-state index contributed by atoms with van der Waals surface area (Å²) in [5, 5.41) is 3.20. The molecule has 2 atom stereocenters. The lowest BCUT2D eigenvalue weighted by molar-refractivity contribution is -0.135. The van der Waals surface area contributed by atoms with E-state index in [1.54, 1.807) is 0 Å². The molecule has 1 saturated heterocycles. The summed E-state index contributed by atoms with van der Waals surface area (Å²) >= 11 is 0. The van der Waals surface area contributed by atoms with Gasteiger partial charge in [-0.3, -0.25) is 14.5 Å². The molecule has 5 nitrogen and oxygen atoms in total. The molecule has 0 aliphatic carbocycles. The minimum atomic E-state index is -0.0610. The zero-order valence-corrected chi connectivity index (χ0v) is 17.5. The van der Waals surface area contributed by atoms with Crippen LogP contribution in [0.2, 0.25) is 0 Å². The molecule has 1 aromatic carbocycles. The summed E-state index contributed by atoms with van der Waals surface area (Å²) in [6.07, 6.45) is 5.36. The molecule has 28 heavy (non-hydrogen) atoms. The van der Waals surface area contributed by atoms with Gasteiger partial charge in [0.05, 0.1) is 5.92 Å². The van der Waals surface area contributed by atoms with Crippen molar-refractivity contribution in [1.29, 1.82) is 0 Å². The molecule has 1 aromatic rings. The van der Waals surface area contributed by atoms with Crippen LogP contribution in [-0.2, 0) is 22.6 Å². The van der Waals surface area contributed by atoms with E-state index in [0.29, 0.717) is 25.6 Å². The number of piperidine rings is 1. The van der Waals surface area contributed by atoms with Gasteiger partial charge in [-0.05, 0) is 43.2 Å². The summed E-state index contributed by atoms with van der Waals surface area (Å²) in [6, 6.07) is 9.03. The number of nitrogens with zero attached hydrogens (tertiary/aromatic N) is 2. The molecule has 2 amide bonds. The molecule has 2 aliphatic rings. The van der Waals surface area contributed by atoms with E-state index < -0.39 is 0 Å². The van der Waals surface area contributed by atoms with Crippen LogP contribution in [0.5, 0.6) is 0 Å². The van der Waals surface area contributed by atoms with Gasteiger partial charge in [0.25, 0.3) is 0 Å². The summed E-state index contributed by atoms with van der Waals surface area (Å²) in [5.74, 6) is 0.248. The number of nitrogens with one attached hydrogen (secondary N) is 1. The van der Waals surface area contributed by atoms with Crippen LogP contribution in [0.25, 0.3) is 0 Å². The van der Waals surface area contributed by atoms with E-state index in [1.165, 1.54) is 11.1 Å². The first-order chi connectivity index (χ1) is 13.6. The molecular weight excluding hydrogens is 350 g/mol. The van der Waals surface area contributed by atoms with E-state index >= 15 is 0 Å². The van der Waals surface area contributed by atoms with Crippen LogP contribution in [0.1, 0.15) is 57.1 Å². The van der Waals surface area contributed by atoms with E-state index in [1.807, 2.05) is 11.8 Å². The van der Waals surface area contributed by atoms with E-state index in [4.69, 9.17) is 0 Å². The predicted octanol–water partition coefficient (Wildman–Crippen LogP) is 2.98. The van der Waals surface area contributed by atoms with Gasteiger partial charge in [-0.2, -0.15) is 0 Å². The van der Waals surface area contributed by atoms with Crippen LogP contribution in [-0.4, -0.2) is 53.8 Å². The van der Waals surface area contributed by atoms with Crippen LogP contribution >= 0.6 is 0 Å². The first-order valence-corrected chi connectivity index (χ1v) is 11.0. The normalized spacial score (nSPS) is 21.1. The minimum absolute atomic E-state index is 0.0610. The number of carbonyl (C=O) groups is 2.